The van der Waals surface area contributed by atoms with Crippen molar-refractivity contribution in [1.82, 2.24) is 0 Å². The van der Waals surface area contributed by atoms with Crippen LogP contribution in [0.1, 0.15) is 12.0 Å². The van der Waals surface area contributed by atoms with E-state index in [-0.39, 0.29) is 5.75 Å². The highest BCUT2D eigenvalue weighted by Gasteiger charge is 2.81. The predicted octanol–water partition coefficient (Wildman–Crippen LogP) is 6.69. The van der Waals surface area contributed by atoms with Gasteiger partial charge in [-0.05, 0) is 34.9 Å². The van der Waals surface area contributed by atoms with Crippen molar-refractivity contribution in [3.05, 3.63) is 60.2 Å². The van der Waals surface area contributed by atoms with Crippen LogP contribution in [0.5, 0.6) is 5.75 Å². The van der Waals surface area contributed by atoms with Gasteiger partial charge in [-0.2, -0.15) is 39.5 Å². The second-order valence-corrected chi connectivity index (χ2v) is 6.77. The van der Waals surface area contributed by atoms with Crippen molar-refractivity contribution in [3.8, 4) is 16.9 Å². The van der Waals surface area contributed by atoms with Crippen molar-refractivity contribution in [2.24, 2.45) is 0 Å². The third-order valence-electron chi connectivity index (χ3n) is 4.41. The molecule has 0 fully saturated rings. The Balaban J connectivity index is 2.01. The third-order valence-corrected chi connectivity index (χ3v) is 4.41. The molecule has 0 bridgehead atoms. The van der Waals surface area contributed by atoms with E-state index < -0.39 is 42.9 Å². The average molecular weight is 486 g/mol. The van der Waals surface area contributed by atoms with Gasteiger partial charge in [-0.3, -0.25) is 0 Å². The molecule has 180 valence electrons. The fraction of sp³-hybridized carbons (Fsp3) is 0.286. The molecule has 0 amide bonds. The van der Waals surface area contributed by atoms with Crippen molar-refractivity contribution in [1.29, 1.82) is 0 Å². The number of ether oxygens (including phenoxy) is 1. The van der Waals surface area contributed by atoms with E-state index in [1.54, 1.807) is 24.3 Å². The van der Waals surface area contributed by atoms with Gasteiger partial charge in [-0.25, -0.2) is 4.79 Å². The van der Waals surface area contributed by atoms with Crippen LogP contribution >= 0.6 is 0 Å². The smallest absolute Gasteiger partial charge is 0.460 e. The minimum Gasteiger partial charge on any atom is -0.493 e. The summed E-state index contributed by atoms with van der Waals surface area (Å²) in [4.78, 5) is 10.5. The van der Waals surface area contributed by atoms with E-state index in [2.05, 4.69) is 0 Å². The number of aliphatic carboxylic acids is 1. The first-order chi connectivity index (χ1) is 15.1. The monoisotopic (exact) mass is 486 g/mol. The molecular weight excluding hydrogens is 471 g/mol. The highest BCUT2D eigenvalue weighted by atomic mass is 19.4. The lowest BCUT2D eigenvalue weighted by Crippen LogP contribution is -2.61. The van der Waals surface area contributed by atoms with Crippen molar-refractivity contribution in [3.63, 3.8) is 0 Å². The first kappa shape index (κ1) is 26.1. The molecule has 0 radical (unpaired) electrons. The van der Waals surface area contributed by atoms with Crippen LogP contribution in [0, 0.1) is 0 Å². The SMILES string of the molecule is O=C(O)C=Cc1ccc(-c2ccc(OCCC(F)(F)C(F)(F)C(F)(F)C(F)(F)F)cc2)cc1. The summed E-state index contributed by atoms with van der Waals surface area (Å²) in [6.45, 7) is -1.25. The summed E-state index contributed by atoms with van der Waals surface area (Å²) < 4.78 is 120. The minimum absolute atomic E-state index is 0.110. The molecule has 0 aliphatic rings. The quantitative estimate of drug-likeness (QED) is 0.318. The van der Waals surface area contributed by atoms with E-state index in [0.29, 0.717) is 16.7 Å². The minimum atomic E-state index is -6.93. The molecule has 0 aliphatic carbocycles. The van der Waals surface area contributed by atoms with Crippen LogP contribution in [0.4, 0.5) is 39.5 Å². The van der Waals surface area contributed by atoms with Crippen LogP contribution in [0.3, 0.4) is 0 Å². The van der Waals surface area contributed by atoms with E-state index >= 15 is 0 Å². The van der Waals surface area contributed by atoms with Crippen LogP contribution in [0.2, 0.25) is 0 Å². The Morgan fingerprint density at radius 1 is 0.788 bits per heavy atom. The van der Waals surface area contributed by atoms with Crippen LogP contribution in [0.25, 0.3) is 17.2 Å². The molecule has 2 aromatic rings. The molecule has 0 atom stereocenters. The molecule has 3 nitrogen and oxygen atoms in total. The maximum atomic E-state index is 13.5. The molecule has 0 spiro atoms. The number of benzene rings is 2. The molecule has 0 heterocycles. The zero-order chi connectivity index (χ0) is 25.1. The molecule has 0 saturated carbocycles. The molecule has 33 heavy (non-hydrogen) atoms. The van der Waals surface area contributed by atoms with Gasteiger partial charge in [0.15, 0.2) is 0 Å². The maximum absolute atomic E-state index is 13.5. The molecule has 0 aromatic heterocycles. The van der Waals surface area contributed by atoms with Gasteiger partial charge in [0.25, 0.3) is 0 Å². The fourth-order valence-electron chi connectivity index (χ4n) is 2.56. The lowest BCUT2D eigenvalue weighted by Gasteiger charge is -2.33. The molecule has 12 heteroatoms. The molecule has 2 aromatic carbocycles. The molecule has 2 rings (SSSR count). The largest absolute Gasteiger partial charge is 0.493 e. The van der Waals surface area contributed by atoms with E-state index in [1.165, 1.54) is 30.3 Å². The van der Waals surface area contributed by atoms with Gasteiger partial charge in [0.2, 0.25) is 0 Å². The maximum Gasteiger partial charge on any atom is 0.460 e. The Hall–Kier alpha value is -3.18. The van der Waals surface area contributed by atoms with Crippen LogP contribution in [0.15, 0.2) is 54.6 Å². The Kier molecular flexibility index (Phi) is 7.39. The van der Waals surface area contributed by atoms with E-state index in [9.17, 15) is 44.3 Å². The van der Waals surface area contributed by atoms with Crippen LogP contribution in [-0.4, -0.2) is 41.6 Å². The number of carboxylic acid groups (broad SMARTS) is 1. The number of alkyl halides is 9. The lowest BCUT2D eigenvalue weighted by atomic mass is 10.0. The molecule has 0 unspecified atom stereocenters. The van der Waals surface area contributed by atoms with Gasteiger partial charge in [0.05, 0.1) is 13.0 Å². The van der Waals surface area contributed by atoms with Gasteiger partial charge in [-0.15, -0.1) is 0 Å². The Labute approximate surface area is 181 Å². The summed E-state index contributed by atoms with van der Waals surface area (Å²) in [6.07, 6.45) is -6.63. The standard InChI is InChI=1S/C21H15F9O3/c22-18(23,19(24,25)20(26,27)21(28,29)30)11-12-33-16-8-6-15(7-9-16)14-4-1-13(2-5-14)3-10-17(31)32/h1-10H,11-12H2,(H,31,32). The summed E-state index contributed by atoms with van der Waals surface area (Å²) in [5.41, 5.74) is 1.89. The van der Waals surface area contributed by atoms with Crippen molar-refractivity contribution < 1.29 is 54.2 Å². The summed E-state index contributed by atoms with van der Waals surface area (Å²) in [7, 11) is 0. The van der Waals surface area contributed by atoms with Gasteiger partial charge in [-0.1, -0.05) is 36.4 Å². The summed E-state index contributed by atoms with van der Waals surface area (Å²) in [5.74, 6) is -20.5. The molecular formula is C21H15F9O3. The van der Waals surface area contributed by atoms with Crippen LogP contribution in [-0.2, 0) is 4.79 Å². The van der Waals surface area contributed by atoms with Crippen LogP contribution < -0.4 is 4.74 Å². The van der Waals surface area contributed by atoms with Crippen molar-refractivity contribution in [2.75, 3.05) is 6.61 Å². The third kappa shape index (κ3) is 5.79. The molecule has 0 aliphatic heterocycles. The van der Waals surface area contributed by atoms with E-state index in [1.807, 2.05) is 0 Å². The van der Waals surface area contributed by atoms with Gasteiger partial charge >= 0.3 is 29.9 Å². The lowest BCUT2D eigenvalue weighted by molar-refractivity contribution is -0.397. The number of rotatable bonds is 9. The van der Waals surface area contributed by atoms with Crippen molar-refractivity contribution >= 4 is 12.0 Å². The number of hydrogen-bond donors (Lipinski definition) is 1. The number of hydrogen-bond acceptors (Lipinski definition) is 2. The summed E-state index contributed by atoms with van der Waals surface area (Å²) in [5, 5.41) is 8.59. The molecule has 0 saturated heterocycles. The fourth-order valence-corrected chi connectivity index (χ4v) is 2.56. The topological polar surface area (TPSA) is 46.5 Å². The second kappa shape index (κ2) is 9.36. The van der Waals surface area contributed by atoms with Gasteiger partial charge in [0, 0.05) is 6.08 Å². The number of carbonyl (C=O) groups is 1. The van der Waals surface area contributed by atoms with Crippen molar-refractivity contribution in [2.45, 2.75) is 30.4 Å². The summed E-state index contributed by atoms with van der Waals surface area (Å²) >= 11 is 0. The average Bonchev–Trinajstić information content (AvgIpc) is 2.72. The normalized spacial score (nSPS) is 13.4. The predicted molar refractivity (Wildman–Crippen MR) is 99.6 cm³/mol. The zero-order valence-electron chi connectivity index (χ0n) is 16.4. The number of carboxylic acids is 1. The summed E-state index contributed by atoms with van der Waals surface area (Å²) in [6, 6.07) is 12.0. The first-order valence-corrected chi connectivity index (χ1v) is 9.03. The molecule has 1 N–H and O–H groups in total. The van der Waals surface area contributed by atoms with E-state index in [0.717, 1.165) is 6.08 Å². The van der Waals surface area contributed by atoms with Gasteiger partial charge in [0.1, 0.15) is 5.75 Å². The zero-order valence-corrected chi connectivity index (χ0v) is 16.4. The highest BCUT2D eigenvalue weighted by Crippen LogP contribution is 2.53. The first-order valence-electron chi connectivity index (χ1n) is 9.03. The Morgan fingerprint density at radius 3 is 1.73 bits per heavy atom. The Bertz CT molecular complexity index is 980. The van der Waals surface area contributed by atoms with Gasteiger partial charge < -0.3 is 9.84 Å². The number of halogens is 9. The Morgan fingerprint density at radius 2 is 1.27 bits per heavy atom. The second-order valence-electron chi connectivity index (χ2n) is 6.77. The van der Waals surface area contributed by atoms with E-state index in [4.69, 9.17) is 9.84 Å². The highest BCUT2D eigenvalue weighted by molar-refractivity contribution is 5.85.